The molecule has 158 valence electrons. The Kier molecular flexibility index (Phi) is 14.9. The van der Waals surface area contributed by atoms with E-state index < -0.39 is 12.1 Å². The average Bonchev–Trinajstić information content (AvgIpc) is 3.09. The van der Waals surface area contributed by atoms with Crippen molar-refractivity contribution in [2.75, 3.05) is 0 Å². The van der Waals surface area contributed by atoms with Gasteiger partial charge in [-0.3, -0.25) is 0 Å². The SMILES string of the molecule is CC(O)C(=O)[O-].CCCCC(CC)Cn1cc[n+](CC(CC)CCCC)c1. The maximum absolute atomic E-state index is 9.34. The molecular weight excluding hydrogens is 340 g/mol. The molecule has 1 heterocycles. The highest BCUT2D eigenvalue weighted by Gasteiger charge is 2.14. The summed E-state index contributed by atoms with van der Waals surface area (Å²) in [4.78, 5) is 9.34. The van der Waals surface area contributed by atoms with E-state index in [-0.39, 0.29) is 0 Å². The number of aliphatic carboxylic acids is 1. The topological polar surface area (TPSA) is 69.2 Å². The van der Waals surface area contributed by atoms with Gasteiger partial charge in [0.1, 0.15) is 12.4 Å². The van der Waals surface area contributed by atoms with E-state index in [0.717, 1.165) is 18.8 Å². The molecule has 1 N–H and O–H groups in total. The van der Waals surface area contributed by atoms with Gasteiger partial charge in [-0.1, -0.05) is 53.4 Å². The van der Waals surface area contributed by atoms with Crippen LogP contribution in [0.4, 0.5) is 0 Å². The van der Waals surface area contributed by atoms with Crippen molar-refractivity contribution in [3.8, 4) is 0 Å². The largest absolute Gasteiger partial charge is 0.547 e. The number of carbonyl (C=O) groups excluding carboxylic acids is 1. The molecule has 0 aliphatic rings. The van der Waals surface area contributed by atoms with E-state index in [9.17, 15) is 9.90 Å². The van der Waals surface area contributed by atoms with Gasteiger partial charge >= 0.3 is 0 Å². The molecule has 0 fully saturated rings. The number of carboxylic acid groups (broad SMARTS) is 1. The molecule has 5 heteroatoms. The summed E-state index contributed by atoms with van der Waals surface area (Å²) in [6, 6.07) is 0. The normalized spacial score (nSPS) is 14.1. The molecule has 1 rings (SSSR count). The van der Waals surface area contributed by atoms with Crippen LogP contribution >= 0.6 is 0 Å². The summed E-state index contributed by atoms with van der Waals surface area (Å²) in [5, 5.41) is 17.3. The first-order chi connectivity index (χ1) is 12.9. The number of imidazole rings is 1. The molecule has 0 radical (unpaired) electrons. The van der Waals surface area contributed by atoms with Crippen molar-refractivity contribution in [1.82, 2.24) is 4.57 Å². The standard InChI is InChI=1S/C19H37N2.C3H6O3/c1-5-9-11-18(7-3)15-20-13-14-21(17-20)16-19(8-4)12-10-6-2;1-2(4)3(5)6/h13-14,17-19H,5-12,15-16H2,1-4H3;2,4H,1H3,(H,5,6)/q+1;/p-1. The average molecular weight is 383 g/mol. The van der Waals surface area contributed by atoms with Crippen LogP contribution in [0.5, 0.6) is 0 Å². The molecule has 0 saturated carbocycles. The van der Waals surface area contributed by atoms with Gasteiger partial charge in [-0.2, -0.15) is 0 Å². The fourth-order valence-electron chi connectivity index (χ4n) is 3.09. The number of aliphatic hydroxyl groups excluding tert-OH is 1. The zero-order valence-corrected chi connectivity index (χ0v) is 18.2. The monoisotopic (exact) mass is 382 g/mol. The second kappa shape index (κ2) is 15.7. The molecule has 0 bridgehead atoms. The minimum absolute atomic E-state index is 0.841. The highest BCUT2D eigenvalue weighted by atomic mass is 16.4. The van der Waals surface area contributed by atoms with Gasteiger partial charge in [0.15, 0.2) is 0 Å². The molecule has 1 aromatic heterocycles. The third-order valence-corrected chi connectivity index (χ3v) is 5.11. The van der Waals surface area contributed by atoms with Crippen molar-refractivity contribution in [2.45, 2.75) is 105 Å². The van der Waals surface area contributed by atoms with E-state index in [4.69, 9.17) is 5.11 Å². The fourth-order valence-corrected chi connectivity index (χ4v) is 3.09. The van der Waals surface area contributed by atoms with Gasteiger partial charge in [-0.25, -0.2) is 9.13 Å². The third kappa shape index (κ3) is 12.6. The van der Waals surface area contributed by atoms with E-state index in [2.05, 4.69) is 55.6 Å². The first-order valence-electron chi connectivity index (χ1n) is 10.8. The van der Waals surface area contributed by atoms with E-state index >= 15 is 0 Å². The third-order valence-electron chi connectivity index (χ3n) is 5.11. The number of hydrogen-bond donors (Lipinski definition) is 1. The molecule has 0 aliphatic heterocycles. The van der Waals surface area contributed by atoms with Crippen molar-refractivity contribution >= 4 is 5.97 Å². The molecule has 3 unspecified atom stereocenters. The first kappa shape index (κ1) is 25.6. The number of rotatable bonds is 13. The van der Waals surface area contributed by atoms with Crippen molar-refractivity contribution in [2.24, 2.45) is 11.8 Å². The lowest BCUT2D eigenvalue weighted by atomic mass is 9.99. The molecule has 3 atom stereocenters. The molecule has 0 amide bonds. The van der Waals surface area contributed by atoms with Crippen LogP contribution in [-0.4, -0.2) is 21.7 Å². The minimum atomic E-state index is -1.44. The predicted octanol–water partition coefficient (Wildman–Crippen LogP) is 3.33. The number of aliphatic hydroxyl groups is 1. The van der Waals surface area contributed by atoms with Crippen LogP contribution in [0.1, 0.15) is 86.0 Å². The Labute approximate surface area is 166 Å². The van der Waals surface area contributed by atoms with Crippen LogP contribution < -0.4 is 9.67 Å². The fraction of sp³-hybridized carbons (Fsp3) is 0.818. The second-order valence-electron chi connectivity index (χ2n) is 7.64. The Hall–Kier alpha value is -1.36. The lowest BCUT2D eigenvalue weighted by Gasteiger charge is -2.12. The van der Waals surface area contributed by atoms with Gasteiger partial charge in [0.05, 0.1) is 25.2 Å². The summed E-state index contributed by atoms with van der Waals surface area (Å²) in [6.45, 7) is 12.8. The summed E-state index contributed by atoms with van der Waals surface area (Å²) >= 11 is 0. The van der Waals surface area contributed by atoms with Crippen molar-refractivity contribution in [3.05, 3.63) is 18.7 Å². The zero-order chi connectivity index (χ0) is 20.7. The van der Waals surface area contributed by atoms with Crippen LogP contribution in [0.2, 0.25) is 0 Å². The van der Waals surface area contributed by atoms with Gasteiger partial charge in [0, 0.05) is 0 Å². The van der Waals surface area contributed by atoms with E-state index in [0.29, 0.717) is 0 Å². The van der Waals surface area contributed by atoms with Gasteiger partial charge in [-0.15, -0.1) is 0 Å². The number of unbranched alkanes of at least 4 members (excludes halogenated alkanes) is 2. The Morgan fingerprint density at radius 2 is 1.59 bits per heavy atom. The van der Waals surface area contributed by atoms with Crippen LogP contribution in [0.25, 0.3) is 0 Å². The van der Waals surface area contributed by atoms with E-state index in [1.54, 1.807) is 0 Å². The molecule has 0 aromatic carbocycles. The summed E-state index contributed by atoms with van der Waals surface area (Å²) < 4.78 is 4.80. The number of aromatic nitrogens is 2. The van der Waals surface area contributed by atoms with Crippen molar-refractivity contribution < 1.29 is 19.6 Å². The Morgan fingerprint density at radius 1 is 1.07 bits per heavy atom. The van der Waals surface area contributed by atoms with Crippen LogP contribution in [0, 0.1) is 11.8 Å². The molecule has 0 spiro atoms. The van der Waals surface area contributed by atoms with Crippen LogP contribution in [0.3, 0.4) is 0 Å². The lowest BCUT2D eigenvalue weighted by molar-refractivity contribution is -0.703. The Bertz CT molecular complexity index is 453. The molecule has 0 saturated heterocycles. The smallest absolute Gasteiger partial charge is 0.243 e. The molecule has 1 aromatic rings. The number of carboxylic acids is 1. The highest BCUT2D eigenvalue weighted by molar-refractivity contribution is 5.68. The summed E-state index contributed by atoms with van der Waals surface area (Å²) in [6.07, 6.45) is 16.2. The molecular formula is C22H42N2O3. The second-order valence-corrected chi connectivity index (χ2v) is 7.64. The summed E-state index contributed by atoms with van der Waals surface area (Å²) in [5.41, 5.74) is 0. The number of carbonyl (C=O) groups is 1. The molecule has 0 aliphatic carbocycles. The summed E-state index contributed by atoms with van der Waals surface area (Å²) in [5.74, 6) is 0.246. The first-order valence-corrected chi connectivity index (χ1v) is 10.8. The molecule has 5 nitrogen and oxygen atoms in total. The summed E-state index contributed by atoms with van der Waals surface area (Å²) in [7, 11) is 0. The van der Waals surface area contributed by atoms with Gasteiger partial charge in [0.2, 0.25) is 6.33 Å². The molecule has 27 heavy (non-hydrogen) atoms. The predicted molar refractivity (Wildman–Crippen MR) is 108 cm³/mol. The van der Waals surface area contributed by atoms with E-state index in [1.165, 1.54) is 64.5 Å². The Morgan fingerprint density at radius 3 is 2.04 bits per heavy atom. The highest BCUT2D eigenvalue weighted by Crippen LogP contribution is 2.15. The number of hydrogen-bond acceptors (Lipinski definition) is 3. The van der Waals surface area contributed by atoms with Crippen molar-refractivity contribution in [1.29, 1.82) is 0 Å². The minimum Gasteiger partial charge on any atom is -0.547 e. The van der Waals surface area contributed by atoms with Crippen molar-refractivity contribution in [3.63, 3.8) is 0 Å². The maximum Gasteiger partial charge on any atom is 0.243 e. The van der Waals surface area contributed by atoms with Gasteiger partial charge < -0.3 is 15.0 Å². The Balaban J connectivity index is 0.000000972. The van der Waals surface area contributed by atoms with E-state index in [1.807, 2.05) is 0 Å². The lowest BCUT2D eigenvalue weighted by Crippen LogP contribution is -2.35. The zero-order valence-electron chi connectivity index (χ0n) is 18.2. The van der Waals surface area contributed by atoms with Gasteiger partial charge in [-0.05, 0) is 44.4 Å². The quantitative estimate of drug-likeness (QED) is 0.532. The van der Waals surface area contributed by atoms with Gasteiger partial charge in [0.25, 0.3) is 0 Å². The number of nitrogens with zero attached hydrogens (tertiary/aromatic N) is 2. The van der Waals surface area contributed by atoms with Crippen LogP contribution in [-0.2, 0) is 17.9 Å². The maximum atomic E-state index is 9.34. The van der Waals surface area contributed by atoms with Crippen LogP contribution in [0.15, 0.2) is 18.7 Å².